The Morgan fingerprint density at radius 3 is 2.58 bits per heavy atom. The molecule has 1 aromatic heterocycles. The molecule has 24 heavy (non-hydrogen) atoms. The summed E-state index contributed by atoms with van der Waals surface area (Å²) in [5.41, 5.74) is 9.75. The van der Waals surface area contributed by atoms with Gasteiger partial charge in [-0.1, -0.05) is 18.2 Å². The molecule has 1 heterocycles. The summed E-state index contributed by atoms with van der Waals surface area (Å²) in [7, 11) is 5.45. The Kier molecular flexibility index (Phi) is 4.76. The number of hydrogen-bond donors (Lipinski definition) is 1. The van der Waals surface area contributed by atoms with Crippen LogP contribution >= 0.6 is 0 Å². The first kappa shape index (κ1) is 16.4. The van der Waals surface area contributed by atoms with Crippen LogP contribution in [-0.2, 0) is 13.5 Å². The van der Waals surface area contributed by atoms with Crippen molar-refractivity contribution in [2.24, 2.45) is 12.8 Å². The lowest BCUT2D eigenvalue weighted by Gasteiger charge is -2.17. The normalized spacial score (nSPS) is 12.3. The smallest absolute Gasteiger partial charge is 0.122 e. The molecule has 0 spiro atoms. The molecule has 0 saturated heterocycles. The summed E-state index contributed by atoms with van der Waals surface area (Å²) in [4.78, 5) is 0. The number of aromatic nitrogens is 1. The SMILES string of the molecule is COc1ccc(OC)c(CC(CN)c2cn(C)c3ccccc23)c1. The maximum absolute atomic E-state index is 6.13. The topological polar surface area (TPSA) is 49.4 Å². The molecular weight excluding hydrogens is 300 g/mol. The molecule has 3 rings (SSSR count). The van der Waals surface area contributed by atoms with Crippen molar-refractivity contribution in [3.05, 3.63) is 59.8 Å². The van der Waals surface area contributed by atoms with Crippen LogP contribution in [0.5, 0.6) is 11.5 Å². The van der Waals surface area contributed by atoms with Gasteiger partial charge in [-0.3, -0.25) is 0 Å². The van der Waals surface area contributed by atoms with Crippen molar-refractivity contribution in [2.45, 2.75) is 12.3 Å². The first-order valence-electron chi connectivity index (χ1n) is 8.12. The fourth-order valence-corrected chi connectivity index (χ4v) is 3.33. The molecule has 0 aliphatic rings. The second kappa shape index (κ2) is 6.97. The third-order valence-corrected chi connectivity index (χ3v) is 4.61. The van der Waals surface area contributed by atoms with Gasteiger partial charge in [0.15, 0.2) is 0 Å². The minimum Gasteiger partial charge on any atom is -0.497 e. The number of hydrogen-bond acceptors (Lipinski definition) is 3. The molecule has 2 N–H and O–H groups in total. The second-order valence-electron chi connectivity index (χ2n) is 6.03. The van der Waals surface area contributed by atoms with Gasteiger partial charge in [0.2, 0.25) is 0 Å². The number of rotatable bonds is 6. The number of ether oxygens (including phenoxy) is 2. The Labute approximate surface area is 142 Å². The Morgan fingerprint density at radius 1 is 1.08 bits per heavy atom. The third kappa shape index (κ3) is 2.97. The molecule has 4 heteroatoms. The van der Waals surface area contributed by atoms with Crippen molar-refractivity contribution in [2.75, 3.05) is 20.8 Å². The quantitative estimate of drug-likeness (QED) is 0.755. The molecule has 0 amide bonds. The molecule has 2 aromatic carbocycles. The van der Waals surface area contributed by atoms with E-state index in [2.05, 4.69) is 42.1 Å². The van der Waals surface area contributed by atoms with Crippen LogP contribution in [0.4, 0.5) is 0 Å². The maximum atomic E-state index is 6.13. The van der Waals surface area contributed by atoms with Crippen molar-refractivity contribution in [3.63, 3.8) is 0 Å². The van der Waals surface area contributed by atoms with Crippen LogP contribution in [0.3, 0.4) is 0 Å². The highest BCUT2D eigenvalue weighted by Crippen LogP contribution is 2.33. The van der Waals surface area contributed by atoms with Gasteiger partial charge >= 0.3 is 0 Å². The molecule has 0 radical (unpaired) electrons. The number of nitrogens with zero attached hydrogens (tertiary/aromatic N) is 1. The number of nitrogens with two attached hydrogens (primary N) is 1. The molecule has 0 bridgehead atoms. The predicted molar refractivity (Wildman–Crippen MR) is 98.0 cm³/mol. The van der Waals surface area contributed by atoms with E-state index >= 15 is 0 Å². The molecule has 0 aliphatic heterocycles. The zero-order valence-corrected chi connectivity index (χ0v) is 14.5. The van der Waals surface area contributed by atoms with Gasteiger partial charge in [0.25, 0.3) is 0 Å². The largest absolute Gasteiger partial charge is 0.497 e. The predicted octanol–water partition coefficient (Wildman–Crippen LogP) is 3.48. The Balaban J connectivity index is 2.00. The van der Waals surface area contributed by atoms with Gasteiger partial charge in [0.1, 0.15) is 11.5 Å². The van der Waals surface area contributed by atoms with E-state index in [1.807, 2.05) is 18.2 Å². The summed E-state index contributed by atoms with van der Waals surface area (Å²) in [6, 6.07) is 14.3. The van der Waals surface area contributed by atoms with Crippen LogP contribution < -0.4 is 15.2 Å². The molecule has 1 unspecified atom stereocenters. The zero-order valence-electron chi connectivity index (χ0n) is 14.5. The summed E-state index contributed by atoms with van der Waals surface area (Å²) >= 11 is 0. The average molecular weight is 324 g/mol. The van der Waals surface area contributed by atoms with Gasteiger partial charge in [-0.2, -0.15) is 0 Å². The van der Waals surface area contributed by atoms with Crippen molar-refractivity contribution in [1.82, 2.24) is 4.57 Å². The van der Waals surface area contributed by atoms with E-state index in [1.54, 1.807) is 14.2 Å². The maximum Gasteiger partial charge on any atom is 0.122 e. The van der Waals surface area contributed by atoms with E-state index in [-0.39, 0.29) is 5.92 Å². The first-order chi connectivity index (χ1) is 11.7. The van der Waals surface area contributed by atoms with Gasteiger partial charge < -0.3 is 19.8 Å². The number of aryl methyl sites for hydroxylation is 1. The van der Waals surface area contributed by atoms with E-state index < -0.39 is 0 Å². The molecule has 126 valence electrons. The van der Waals surface area contributed by atoms with Crippen molar-refractivity contribution >= 4 is 10.9 Å². The molecule has 3 aromatic rings. The minimum absolute atomic E-state index is 0.220. The summed E-state index contributed by atoms with van der Waals surface area (Å²) in [5.74, 6) is 1.92. The van der Waals surface area contributed by atoms with E-state index in [0.717, 1.165) is 23.5 Å². The highest BCUT2D eigenvalue weighted by atomic mass is 16.5. The lowest BCUT2D eigenvalue weighted by molar-refractivity contribution is 0.397. The Morgan fingerprint density at radius 2 is 1.88 bits per heavy atom. The van der Waals surface area contributed by atoms with E-state index in [4.69, 9.17) is 15.2 Å². The van der Waals surface area contributed by atoms with Gasteiger partial charge in [0, 0.05) is 30.1 Å². The van der Waals surface area contributed by atoms with Crippen LogP contribution in [0, 0.1) is 0 Å². The Hall–Kier alpha value is -2.46. The van der Waals surface area contributed by atoms with Crippen LogP contribution in [0.1, 0.15) is 17.0 Å². The number of para-hydroxylation sites is 1. The van der Waals surface area contributed by atoms with Crippen LogP contribution in [-0.4, -0.2) is 25.3 Å². The van der Waals surface area contributed by atoms with E-state index in [9.17, 15) is 0 Å². The second-order valence-corrected chi connectivity index (χ2v) is 6.03. The van der Waals surface area contributed by atoms with Crippen molar-refractivity contribution in [3.8, 4) is 11.5 Å². The standard InChI is InChI=1S/C20H24N2O2/c1-22-13-18(17-6-4-5-7-19(17)22)15(12-21)10-14-11-16(23-2)8-9-20(14)24-3/h4-9,11,13,15H,10,12,21H2,1-3H3. The molecule has 1 atom stereocenters. The van der Waals surface area contributed by atoms with Gasteiger partial charge in [-0.05, 0) is 48.4 Å². The van der Waals surface area contributed by atoms with Crippen LogP contribution in [0.2, 0.25) is 0 Å². The number of methoxy groups -OCH3 is 2. The van der Waals surface area contributed by atoms with E-state index in [0.29, 0.717) is 6.54 Å². The molecular formula is C20H24N2O2. The van der Waals surface area contributed by atoms with Crippen molar-refractivity contribution in [1.29, 1.82) is 0 Å². The van der Waals surface area contributed by atoms with Crippen LogP contribution in [0.25, 0.3) is 10.9 Å². The number of fused-ring (bicyclic) bond motifs is 1. The third-order valence-electron chi connectivity index (χ3n) is 4.61. The summed E-state index contributed by atoms with van der Waals surface area (Å²) in [6.45, 7) is 0.578. The minimum atomic E-state index is 0.220. The van der Waals surface area contributed by atoms with Gasteiger partial charge in [-0.25, -0.2) is 0 Å². The molecule has 4 nitrogen and oxygen atoms in total. The fourth-order valence-electron chi connectivity index (χ4n) is 3.33. The lowest BCUT2D eigenvalue weighted by Crippen LogP contribution is -2.15. The van der Waals surface area contributed by atoms with Crippen molar-refractivity contribution < 1.29 is 9.47 Å². The molecule has 0 aliphatic carbocycles. The van der Waals surface area contributed by atoms with Crippen LogP contribution in [0.15, 0.2) is 48.7 Å². The highest BCUT2D eigenvalue weighted by molar-refractivity contribution is 5.84. The first-order valence-corrected chi connectivity index (χ1v) is 8.12. The molecule has 0 fully saturated rings. The number of benzene rings is 2. The summed E-state index contributed by atoms with van der Waals surface area (Å²) < 4.78 is 13.0. The fraction of sp³-hybridized carbons (Fsp3) is 0.300. The lowest BCUT2D eigenvalue weighted by atomic mass is 9.91. The van der Waals surface area contributed by atoms with Gasteiger partial charge in [0.05, 0.1) is 14.2 Å². The average Bonchev–Trinajstić information content (AvgIpc) is 2.96. The molecule has 0 saturated carbocycles. The van der Waals surface area contributed by atoms with E-state index in [1.165, 1.54) is 16.5 Å². The summed E-state index contributed by atoms with van der Waals surface area (Å²) in [5, 5.41) is 1.26. The van der Waals surface area contributed by atoms with Gasteiger partial charge in [-0.15, -0.1) is 0 Å². The zero-order chi connectivity index (χ0) is 17.1. The summed E-state index contributed by atoms with van der Waals surface area (Å²) in [6.07, 6.45) is 3.00. The monoisotopic (exact) mass is 324 g/mol. The highest BCUT2D eigenvalue weighted by Gasteiger charge is 2.18. The Bertz CT molecular complexity index is 839.